The van der Waals surface area contributed by atoms with Gasteiger partial charge in [0.05, 0.1) is 0 Å². The number of aryl methyl sites for hydroxylation is 1. The van der Waals surface area contributed by atoms with Gasteiger partial charge in [-0.2, -0.15) is 0 Å². The highest BCUT2D eigenvalue weighted by Gasteiger charge is 2.14. The molecule has 0 bridgehead atoms. The van der Waals surface area contributed by atoms with Crippen LogP contribution < -0.4 is 16.6 Å². The molecule has 0 atom stereocenters. The molecule has 0 aliphatic carbocycles. The summed E-state index contributed by atoms with van der Waals surface area (Å²) < 4.78 is 2.38. The molecular weight excluding hydrogens is 408 g/mol. The lowest BCUT2D eigenvalue weighted by Gasteiger charge is -2.02. The van der Waals surface area contributed by atoms with Gasteiger partial charge in [-0.15, -0.1) is 0 Å². The molecule has 1 amide bonds. The topological polar surface area (TPSA) is 115 Å². The Bertz CT molecular complexity index is 1410. The van der Waals surface area contributed by atoms with Gasteiger partial charge in [0.15, 0.2) is 5.65 Å². The van der Waals surface area contributed by atoms with Crippen molar-refractivity contribution in [1.82, 2.24) is 29.4 Å². The number of benzene rings is 1. The van der Waals surface area contributed by atoms with Crippen molar-refractivity contribution >= 4 is 23.1 Å². The average Bonchev–Trinajstić information content (AvgIpc) is 3.27. The van der Waals surface area contributed by atoms with Gasteiger partial charge in [-0.3, -0.25) is 23.7 Å². The van der Waals surface area contributed by atoms with E-state index >= 15 is 0 Å². The molecular formula is C23H22N6O3. The summed E-state index contributed by atoms with van der Waals surface area (Å²) in [7, 11) is 3.01. The fourth-order valence-electron chi connectivity index (χ4n) is 3.32. The number of imidazole rings is 1. The lowest BCUT2D eigenvalue weighted by molar-refractivity contribution is -0.116. The van der Waals surface area contributed by atoms with Crippen molar-refractivity contribution in [2.24, 2.45) is 14.1 Å². The second kappa shape index (κ2) is 8.84. The Labute approximate surface area is 183 Å². The van der Waals surface area contributed by atoms with Gasteiger partial charge in [0.1, 0.15) is 11.3 Å². The molecule has 3 heterocycles. The van der Waals surface area contributed by atoms with E-state index in [1.54, 1.807) is 25.5 Å². The monoisotopic (exact) mass is 430 g/mol. The van der Waals surface area contributed by atoms with Crippen molar-refractivity contribution in [3.63, 3.8) is 0 Å². The zero-order valence-corrected chi connectivity index (χ0v) is 17.7. The Morgan fingerprint density at radius 1 is 1.12 bits per heavy atom. The van der Waals surface area contributed by atoms with Gasteiger partial charge in [-0.25, -0.2) is 9.78 Å². The lowest BCUT2D eigenvalue weighted by atomic mass is 10.1. The normalized spacial score (nSPS) is 11.3. The number of rotatable bonds is 6. The number of carbonyl (C=O) groups is 1. The van der Waals surface area contributed by atoms with Crippen molar-refractivity contribution < 1.29 is 4.79 Å². The van der Waals surface area contributed by atoms with Gasteiger partial charge in [0, 0.05) is 44.7 Å². The van der Waals surface area contributed by atoms with Gasteiger partial charge in [-0.05, 0) is 29.7 Å². The number of aromatic amines is 1. The van der Waals surface area contributed by atoms with Crippen LogP contribution in [0.3, 0.4) is 0 Å². The molecule has 4 aromatic rings. The molecule has 0 spiro atoms. The van der Waals surface area contributed by atoms with E-state index in [0.29, 0.717) is 24.4 Å². The molecule has 0 aliphatic rings. The smallest absolute Gasteiger partial charge is 0.332 e. The highest BCUT2D eigenvalue weighted by Crippen LogP contribution is 2.19. The van der Waals surface area contributed by atoms with E-state index in [4.69, 9.17) is 0 Å². The fraction of sp³-hybridized carbons (Fsp3) is 0.174. The fourth-order valence-corrected chi connectivity index (χ4v) is 3.32. The van der Waals surface area contributed by atoms with E-state index in [-0.39, 0.29) is 11.4 Å². The molecule has 0 saturated carbocycles. The Balaban J connectivity index is 1.43. The van der Waals surface area contributed by atoms with Crippen LogP contribution >= 0.6 is 0 Å². The Morgan fingerprint density at radius 3 is 2.62 bits per heavy atom. The molecule has 0 fully saturated rings. The third-order valence-corrected chi connectivity index (χ3v) is 5.14. The molecule has 0 radical (unpaired) electrons. The third kappa shape index (κ3) is 4.27. The summed E-state index contributed by atoms with van der Waals surface area (Å²) in [6.07, 6.45) is 7.42. The highest BCUT2D eigenvalue weighted by atomic mass is 16.2. The minimum atomic E-state index is -0.431. The van der Waals surface area contributed by atoms with E-state index in [0.717, 1.165) is 21.3 Å². The second-order valence-corrected chi connectivity index (χ2v) is 7.35. The molecule has 1 aromatic carbocycles. The summed E-state index contributed by atoms with van der Waals surface area (Å²) >= 11 is 0. The highest BCUT2D eigenvalue weighted by molar-refractivity contribution is 5.91. The summed E-state index contributed by atoms with van der Waals surface area (Å²) in [5.74, 6) is 0.314. The summed E-state index contributed by atoms with van der Waals surface area (Å²) in [5.41, 5.74) is 2.40. The van der Waals surface area contributed by atoms with Crippen LogP contribution in [0.4, 0.5) is 0 Å². The van der Waals surface area contributed by atoms with Gasteiger partial charge >= 0.3 is 5.69 Å². The number of H-pyrrole nitrogens is 1. The molecule has 2 N–H and O–H groups in total. The van der Waals surface area contributed by atoms with E-state index < -0.39 is 11.2 Å². The predicted molar refractivity (Wildman–Crippen MR) is 122 cm³/mol. The molecule has 0 unspecified atom stereocenters. The zero-order valence-electron chi connectivity index (χ0n) is 17.7. The van der Waals surface area contributed by atoms with Gasteiger partial charge in [0.2, 0.25) is 5.91 Å². The summed E-state index contributed by atoms with van der Waals surface area (Å²) in [5, 5.41) is 2.85. The maximum atomic E-state index is 12.3. The van der Waals surface area contributed by atoms with Crippen LogP contribution in [0.15, 0.2) is 64.5 Å². The number of hydrogen-bond acceptors (Lipinski definition) is 5. The average molecular weight is 430 g/mol. The zero-order chi connectivity index (χ0) is 22.7. The first-order chi connectivity index (χ1) is 15.4. The molecule has 9 heteroatoms. The predicted octanol–water partition coefficient (Wildman–Crippen LogP) is 1.39. The van der Waals surface area contributed by atoms with Gasteiger partial charge in [0.25, 0.3) is 5.56 Å². The first kappa shape index (κ1) is 21.0. The number of aromatic nitrogens is 5. The van der Waals surface area contributed by atoms with Crippen molar-refractivity contribution in [3.8, 4) is 11.4 Å². The minimum absolute atomic E-state index is 0.174. The summed E-state index contributed by atoms with van der Waals surface area (Å²) in [6, 6.07) is 11.2. The number of hydrogen-bond donors (Lipinski definition) is 2. The van der Waals surface area contributed by atoms with Crippen molar-refractivity contribution in [2.75, 3.05) is 6.54 Å². The van der Waals surface area contributed by atoms with Crippen molar-refractivity contribution in [2.45, 2.75) is 6.42 Å². The lowest BCUT2D eigenvalue weighted by Crippen LogP contribution is -2.36. The van der Waals surface area contributed by atoms with Crippen LogP contribution in [0.1, 0.15) is 11.1 Å². The number of amides is 1. The van der Waals surface area contributed by atoms with Crippen LogP contribution in [0.5, 0.6) is 0 Å². The van der Waals surface area contributed by atoms with E-state index in [2.05, 4.69) is 20.3 Å². The largest absolute Gasteiger partial charge is 0.352 e. The Kier molecular flexibility index (Phi) is 5.80. The van der Waals surface area contributed by atoms with Crippen LogP contribution in [-0.4, -0.2) is 36.5 Å². The Morgan fingerprint density at radius 2 is 1.91 bits per heavy atom. The van der Waals surface area contributed by atoms with E-state index in [1.165, 1.54) is 17.7 Å². The molecule has 9 nitrogen and oxygen atoms in total. The maximum absolute atomic E-state index is 12.3. The number of nitrogens with one attached hydrogen (secondary N) is 2. The van der Waals surface area contributed by atoms with Crippen molar-refractivity contribution in [1.29, 1.82) is 0 Å². The maximum Gasteiger partial charge on any atom is 0.332 e. The Hall–Kier alpha value is -4.27. The second-order valence-electron chi connectivity index (χ2n) is 7.35. The first-order valence-corrected chi connectivity index (χ1v) is 10.0. The van der Waals surface area contributed by atoms with Crippen LogP contribution in [-0.2, 0) is 25.3 Å². The number of fused-ring (bicyclic) bond motifs is 1. The molecule has 32 heavy (non-hydrogen) atoms. The first-order valence-electron chi connectivity index (χ1n) is 10.0. The van der Waals surface area contributed by atoms with E-state index in [9.17, 15) is 14.4 Å². The molecule has 0 saturated heterocycles. The molecule has 0 aliphatic heterocycles. The van der Waals surface area contributed by atoms with Crippen LogP contribution in [0.25, 0.3) is 28.6 Å². The van der Waals surface area contributed by atoms with Crippen LogP contribution in [0.2, 0.25) is 0 Å². The number of carbonyl (C=O) groups excluding carboxylic acids is 1. The van der Waals surface area contributed by atoms with Crippen molar-refractivity contribution in [3.05, 3.63) is 86.8 Å². The van der Waals surface area contributed by atoms with Crippen LogP contribution in [0, 0.1) is 0 Å². The standard InChI is InChI=1S/C23H22N6O3/c1-28-21-19(22(31)29(2)23(28)32)26-20(27-21)17-8-5-15(6-9-17)7-10-18(30)25-13-11-16-4-3-12-24-14-16/h3-10,12,14H,11,13H2,1-2H3,(H,25,30)(H,26,27)/b10-7+. The SMILES string of the molecule is Cn1c(=O)c2[nH]c(-c3ccc(/C=C/C(=O)NCCc4cccnc4)cc3)nc2n(C)c1=O. The molecule has 162 valence electrons. The van der Waals surface area contributed by atoms with Gasteiger partial charge < -0.3 is 10.3 Å². The molecule has 4 rings (SSSR count). The van der Waals surface area contributed by atoms with Gasteiger partial charge in [-0.1, -0.05) is 30.3 Å². The summed E-state index contributed by atoms with van der Waals surface area (Å²) in [4.78, 5) is 47.9. The molecule has 3 aromatic heterocycles. The quantitative estimate of drug-likeness (QED) is 0.449. The number of pyridine rings is 1. The minimum Gasteiger partial charge on any atom is -0.352 e. The van der Waals surface area contributed by atoms with E-state index in [1.807, 2.05) is 36.4 Å². The number of nitrogens with zero attached hydrogens (tertiary/aromatic N) is 4. The third-order valence-electron chi connectivity index (χ3n) is 5.14. The summed E-state index contributed by atoms with van der Waals surface area (Å²) in [6.45, 7) is 0.530.